The van der Waals surface area contributed by atoms with Gasteiger partial charge < -0.3 is 16.0 Å². The fourth-order valence-electron chi connectivity index (χ4n) is 2.58. The Morgan fingerprint density at radius 1 is 1.38 bits per heavy atom. The number of nitrogens with one attached hydrogen (secondary N) is 3. The van der Waals surface area contributed by atoms with Gasteiger partial charge in [0.15, 0.2) is 0 Å². The summed E-state index contributed by atoms with van der Waals surface area (Å²) in [6.07, 6.45) is 1.49. The quantitative estimate of drug-likeness (QED) is 0.502. The highest BCUT2D eigenvalue weighted by molar-refractivity contribution is 5.97. The summed E-state index contributed by atoms with van der Waals surface area (Å²) in [4.78, 5) is 14.3. The largest absolute Gasteiger partial charge is 0.386 e. The number of carbonyl (C=O) groups excluding carboxylic acids is 1. The summed E-state index contributed by atoms with van der Waals surface area (Å²) in [5, 5.41) is 18.3. The van der Waals surface area contributed by atoms with Crippen LogP contribution < -0.4 is 16.0 Å². The Bertz CT molecular complexity index is 614. The van der Waals surface area contributed by atoms with Crippen LogP contribution in [0.1, 0.15) is 11.1 Å². The van der Waals surface area contributed by atoms with Gasteiger partial charge in [0.25, 0.3) is 5.91 Å². The topological polar surface area (TPSA) is 80.2 Å². The lowest BCUT2D eigenvalue weighted by molar-refractivity contribution is -0.117. The third-order valence-electron chi connectivity index (χ3n) is 4.09. The van der Waals surface area contributed by atoms with E-state index in [1.54, 1.807) is 0 Å². The third kappa shape index (κ3) is 5.69. The van der Waals surface area contributed by atoms with Crippen molar-refractivity contribution in [3.63, 3.8) is 0 Å². The molecule has 6 heteroatoms. The van der Waals surface area contributed by atoms with E-state index in [0.29, 0.717) is 13.1 Å². The van der Waals surface area contributed by atoms with Crippen LogP contribution in [0, 0.1) is 18.3 Å². The first-order chi connectivity index (χ1) is 11.7. The van der Waals surface area contributed by atoms with Crippen molar-refractivity contribution in [3.05, 3.63) is 47.2 Å². The van der Waals surface area contributed by atoms with Crippen molar-refractivity contribution >= 4 is 5.91 Å². The summed E-state index contributed by atoms with van der Waals surface area (Å²) in [7, 11) is 0. The standard InChI is InChI=1S/C18H25N5O/c1-15-4-2-3-5-16(15)13-21-14-17(12-19)18(24)22-8-11-23-9-6-20-7-10-23/h2-5,14,20-21H,6-11,13H2,1H3,(H,22,24)/b17-14-. The minimum absolute atomic E-state index is 0.101. The molecule has 1 aromatic rings. The molecule has 0 aliphatic carbocycles. The van der Waals surface area contributed by atoms with Gasteiger partial charge in [0, 0.05) is 52.0 Å². The number of hydrogen-bond acceptors (Lipinski definition) is 5. The van der Waals surface area contributed by atoms with Crippen molar-refractivity contribution in [2.45, 2.75) is 13.5 Å². The first kappa shape index (κ1) is 18.0. The Morgan fingerprint density at radius 3 is 2.83 bits per heavy atom. The number of benzene rings is 1. The minimum Gasteiger partial charge on any atom is -0.386 e. The molecule has 1 aromatic carbocycles. The molecule has 1 aliphatic heterocycles. The zero-order valence-electron chi connectivity index (χ0n) is 14.1. The van der Waals surface area contributed by atoms with E-state index in [-0.39, 0.29) is 11.5 Å². The second kappa shape index (κ2) is 9.71. The molecule has 0 atom stereocenters. The normalized spacial score (nSPS) is 15.6. The van der Waals surface area contributed by atoms with Crippen molar-refractivity contribution in [2.75, 3.05) is 39.3 Å². The number of piperazine rings is 1. The van der Waals surface area contributed by atoms with Crippen LogP contribution >= 0.6 is 0 Å². The number of nitriles is 1. The molecule has 128 valence electrons. The van der Waals surface area contributed by atoms with Crippen LogP contribution in [-0.2, 0) is 11.3 Å². The van der Waals surface area contributed by atoms with E-state index >= 15 is 0 Å². The molecule has 1 fully saturated rings. The molecular weight excluding hydrogens is 302 g/mol. The molecule has 1 aliphatic rings. The maximum atomic E-state index is 12.1. The average molecular weight is 327 g/mol. The minimum atomic E-state index is -0.329. The number of aryl methyl sites for hydroxylation is 1. The molecule has 0 radical (unpaired) electrons. The van der Waals surface area contributed by atoms with Crippen LogP contribution in [0.4, 0.5) is 0 Å². The monoisotopic (exact) mass is 327 g/mol. The van der Waals surface area contributed by atoms with Gasteiger partial charge in [-0.25, -0.2) is 0 Å². The maximum Gasteiger partial charge on any atom is 0.263 e. The maximum absolute atomic E-state index is 12.1. The van der Waals surface area contributed by atoms with E-state index in [4.69, 9.17) is 5.26 Å². The van der Waals surface area contributed by atoms with Gasteiger partial charge in [0.2, 0.25) is 0 Å². The van der Waals surface area contributed by atoms with Crippen LogP contribution in [0.3, 0.4) is 0 Å². The van der Waals surface area contributed by atoms with Crippen molar-refractivity contribution in [1.82, 2.24) is 20.9 Å². The van der Waals surface area contributed by atoms with Gasteiger partial charge in [-0.15, -0.1) is 0 Å². The van der Waals surface area contributed by atoms with E-state index in [9.17, 15) is 4.79 Å². The van der Waals surface area contributed by atoms with Gasteiger partial charge in [0.05, 0.1) is 0 Å². The fraction of sp³-hybridized carbons (Fsp3) is 0.444. The molecule has 6 nitrogen and oxygen atoms in total. The summed E-state index contributed by atoms with van der Waals surface area (Å²) in [6, 6.07) is 9.98. The summed E-state index contributed by atoms with van der Waals surface area (Å²) in [6.45, 7) is 7.95. The van der Waals surface area contributed by atoms with Gasteiger partial charge in [-0.3, -0.25) is 9.69 Å². The Labute approximate surface area is 143 Å². The highest BCUT2D eigenvalue weighted by Gasteiger charge is 2.11. The molecule has 1 saturated heterocycles. The molecule has 2 rings (SSSR count). The van der Waals surface area contributed by atoms with Gasteiger partial charge in [0.1, 0.15) is 11.6 Å². The second-order valence-corrected chi connectivity index (χ2v) is 5.82. The molecule has 24 heavy (non-hydrogen) atoms. The van der Waals surface area contributed by atoms with Crippen LogP contribution in [0.2, 0.25) is 0 Å². The summed E-state index contributed by atoms with van der Waals surface area (Å²) < 4.78 is 0. The molecule has 0 bridgehead atoms. The van der Waals surface area contributed by atoms with E-state index in [1.807, 2.05) is 37.3 Å². The van der Waals surface area contributed by atoms with E-state index < -0.39 is 0 Å². The fourth-order valence-corrected chi connectivity index (χ4v) is 2.58. The van der Waals surface area contributed by atoms with Crippen molar-refractivity contribution in [2.24, 2.45) is 0 Å². The molecular formula is C18H25N5O. The first-order valence-electron chi connectivity index (χ1n) is 8.30. The average Bonchev–Trinajstić information content (AvgIpc) is 2.61. The van der Waals surface area contributed by atoms with Crippen LogP contribution in [-0.4, -0.2) is 50.1 Å². The summed E-state index contributed by atoms with van der Waals surface area (Å²) in [5.74, 6) is -0.329. The first-order valence-corrected chi connectivity index (χ1v) is 8.30. The predicted molar refractivity (Wildman–Crippen MR) is 94.0 cm³/mol. The highest BCUT2D eigenvalue weighted by Crippen LogP contribution is 2.06. The van der Waals surface area contributed by atoms with Crippen molar-refractivity contribution in [1.29, 1.82) is 5.26 Å². The molecule has 1 amide bonds. The molecule has 0 saturated carbocycles. The number of hydrogen-bond donors (Lipinski definition) is 3. The Kier molecular flexibility index (Phi) is 7.27. The third-order valence-corrected chi connectivity index (χ3v) is 4.09. The molecule has 3 N–H and O–H groups in total. The van der Waals surface area contributed by atoms with Gasteiger partial charge >= 0.3 is 0 Å². The van der Waals surface area contributed by atoms with Crippen LogP contribution in [0.15, 0.2) is 36.0 Å². The smallest absolute Gasteiger partial charge is 0.263 e. The predicted octanol–water partition coefficient (Wildman–Crippen LogP) is 0.514. The van der Waals surface area contributed by atoms with Gasteiger partial charge in [-0.1, -0.05) is 24.3 Å². The highest BCUT2D eigenvalue weighted by atomic mass is 16.1. The molecule has 0 spiro atoms. The Balaban J connectivity index is 1.76. The number of rotatable bonds is 7. The van der Waals surface area contributed by atoms with E-state index in [2.05, 4.69) is 20.9 Å². The summed E-state index contributed by atoms with van der Waals surface area (Å²) in [5.41, 5.74) is 2.42. The number of nitrogens with zero attached hydrogens (tertiary/aromatic N) is 2. The van der Waals surface area contributed by atoms with Crippen molar-refractivity contribution < 1.29 is 4.79 Å². The number of amides is 1. The van der Waals surface area contributed by atoms with Gasteiger partial charge in [-0.2, -0.15) is 5.26 Å². The lowest BCUT2D eigenvalue weighted by Gasteiger charge is -2.27. The lowest BCUT2D eigenvalue weighted by Crippen LogP contribution is -2.46. The van der Waals surface area contributed by atoms with Gasteiger partial charge in [-0.05, 0) is 18.1 Å². The molecule has 0 unspecified atom stereocenters. The second-order valence-electron chi connectivity index (χ2n) is 5.82. The SMILES string of the molecule is Cc1ccccc1CN/C=C(/C#N)C(=O)NCCN1CCNCC1. The molecule has 0 aromatic heterocycles. The van der Waals surface area contributed by atoms with Crippen LogP contribution in [0.25, 0.3) is 0 Å². The zero-order chi connectivity index (χ0) is 17.2. The summed E-state index contributed by atoms with van der Waals surface area (Å²) >= 11 is 0. The van der Waals surface area contributed by atoms with Crippen molar-refractivity contribution in [3.8, 4) is 6.07 Å². The van der Waals surface area contributed by atoms with Crippen LogP contribution in [0.5, 0.6) is 0 Å². The van der Waals surface area contributed by atoms with E-state index in [0.717, 1.165) is 38.3 Å². The Hall–Kier alpha value is -2.36. The zero-order valence-corrected chi connectivity index (χ0v) is 14.1. The number of carbonyl (C=O) groups is 1. The lowest BCUT2D eigenvalue weighted by atomic mass is 10.1. The molecule has 1 heterocycles. The van der Waals surface area contributed by atoms with E-state index in [1.165, 1.54) is 11.8 Å². The Morgan fingerprint density at radius 2 is 2.12 bits per heavy atom.